The number of H-pyrrole nitrogens is 1. The van der Waals surface area contributed by atoms with Crippen molar-refractivity contribution < 1.29 is 4.74 Å². The van der Waals surface area contributed by atoms with Gasteiger partial charge in [0, 0.05) is 38.2 Å². The van der Waals surface area contributed by atoms with Gasteiger partial charge in [0.2, 0.25) is 0 Å². The monoisotopic (exact) mass is 266 g/mol. The molecule has 0 aliphatic carbocycles. The fourth-order valence-corrected chi connectivity index (χ4v) is 2.01. The molecule has 0 bridgehead atoms. The minimum absolute atomic E-state index is 0.104. The second-order valence-electron chi connectivity index (χ2n) is 5.05. The Bertz CT molecular complexity index is 452. The van der Waals surface area contributed by atoms with Crippen molar-refractivity contribution in [3.05, 3.63) is 22.2 Å². The van der Waals surface area contributed by atoms with Crippen LogP contribution in [0.4, 0.5) is 5.82 Å². The summed E-state index contributed by atoms with van der Waals surface area (Å²) < 4.78 is 5.30. The third kappa shape index (κ3) is 4.33. The maximum Gasteiger partial charge on any atom is 0.252 e. The normalized spacial score (nSPS) is 16.8. The first-order valence-electron chi connectivity index (χ1n) is 6.80. The van der Waals surface area contributed by atoms with Gasteiger partial charge in [-0.05, 0) is 0 Å². The van der Waals surface area contributed by atoms with Crippen LogP contribution in [-0.2, 0) is 4.74 Å². The zero-order valence-electron chi connectivity index (χ0n) is 11.6. The number of rotatable bonds is 5. The first-order valence-corrected chi connectivity index (χ1v) is 6.80. The van der Waals surface area contributed by atoms with E-state index in [1.54, 1.807) is 0 Å². The van der Waals surface area contributed by atoms with Crippen LogP contribution in [0.1, 0.15) is 25.6 Å². The topological polar surface area (TPSA) is 70.2 Å². The van der Waals surface area contributed by atoms with Crippen LogP contribution in [0.15, 0.2) is 10.9 Å². The lowest BCUT2D eigenvalue weighted by atomic mass is 10.2. The van der Waals surface area contributed by atoms with Gasteiger partial charge >= 0.3 is 0 Å². The number of anilines is 1. The van der Waals surface area contributed by atoms with Gasteiger partial charge in [-0.2, -0.15) is 0 Å². The zero-order chi connectivity index (χ0) is 13.7. The highest BCUT2D eigenvalue weighted by atomic mass is 16.5. The summed E-state index contributed by atoms with van der Waals surface area (Å²) in [7, 11) is 0. The van der Waals surface area contributed by atoms with E-state index in [0.717, 1.165) is 45.2 Å². The SMILES string of the molecule is CC(C)c1nc(NCCN2CCOCC2)cc(=O)[nH]1. The number of hydrogen-bond acceptors (Lipinski definition) is 5. The molecule has 1 fully saturated rings. The van der Waals surface area contributed by atoms with E-state index < -0.39 is 0 Å². The summed E-state index contributed by atoms with van der Waals surface area (Å²) in [6.45, 7) is 9.30. The number of hydrogen-bond donors (Lipinski definition) is 2. The fraction of sp³-hybridized carbons (Fsp3) is 0.692. The predicted octanol–water partition coefficient (Wildman–Crippen LogP) is 0.637. The quantitative estimate of drug-likeness (QED) is 0.818. The van der Waals surface area contributed by atoms with Crippen molar-refractivity contribution in [1.82, 2.24) is 14.9 Å². The summed E-state index contributed by atoms with van der Waals surface area (Å²) >= 11 is 0. The van der Waals surface area contributed by atoms with Gasteiger partial charge in [0.15, 0.2) is 0 Å². The molecule has 106 valence electrons. The van der Waals surface area contributed by atoms with E-state index in [9.17, 15) is 4.79 Å². The van der Waals surface area contributed by atoms with Gasteiger partial charge in [-0.25, -0.2) is 4.98 Å². The van der Waals surface area contributed by atoms with Crippen LogP contribution in [0.2, 0.25) is 0 Å². The molecule has 19 heavy (non-hydrogen) atoms. The number of nitrogens with one attached hydrogen (secondary N) is 2. The van der Waals surface area contributed by atoms with Gasteiger partial charge in [-0.15, -0.1) is 0 Å². The Hall–Kier alpha value is -1.40. The van der Waals surface area contributed by atoms with Crippen molar-refractivity contribution in [3.63, 3.8) is 0 Å². The first kappa shape index (κ1) is 14.0. The molecule has 6 heteroatoms. The number of ether oxygens (including phenoxy) is 1. The van der Waals surface area contributed by atoms with Crippen LogP contribution >= 0.6 is 0 Å². The van der Waals surface area contributed by atoms with E-state index in [-0.39, 0.29) is 11.5 Å². The van der Waals surface area contributed by atoms with E-state index in [1.165, 1.54) is 6.07 Å². The summed E-state index contributed by atoms with van der Waals surface area (Å²) in [6.07, 6.45) is 0. The fourth-order valence-electron chi connectivity index (χ4n) is 2.01. The van der Waals surface area contributed by atoms with Crippen molar-refractivity contribution in [1.29, 1.82) is 0 Å². The molecular weight excluding hydrogens is 244 g/mol. The average molecular weight is 266 g/mol. The highest BCUT2D eigenvalue weighted by molar-refractivity contribution is 5.33. The molecule has 1 aromatic rings. The summed E-state index contributed by atoms with van der Waals surface area (Å²) in [6, 6.07) is 1.51. The maximum absolute atomic E-state index is 11.5. The van der Waals surface area contributed by atoms with Crippen molar-refractivity contribution in [3.8, 4) is 0 Å². The zero-order valence-corrected chi connectivity index (χ0v) is 11.6. The largest absolute Gasteiger partial charge is 0.379 e. The van der Waals surface area contributed by atoms with Gasteiger partial charge in [-0.1, -0.05) is 13.8 Å². The van der Waals surface area contributed by atoms with Crippen LogP contribution in [0, 0.1) is 0 Å². The lowest BCUT2D eigenvalue weighted by molar-refractivity contribution is 0.0398. The van der Waals surface area contributed by atoms with Crippen molar-refractivity contribution in [2.45, 2.75) is 19.8 Å². The third-order valence-corrected chi connectivity index (χ3v) is 3.14. The molecule has 0 aromatic carbocycles. The minimum Gasteiger partial charge on any atom is -0.379 e. The number of aromatic nitrogens is 2. The van der Waals surface area contributed by atoms with Crippen LogP contribution in [0.3, 0.4) is 0 Å². The molecule has 0 saturated carbocycles. The molecule has 1 saturated heterocycles. The van der Waals surface area contributed by atoms with E-state index >= 15 is 0 Å². The smallest absolute Gasteiger partial charge is 0.252 e. The Morgan fingerprint density at radius 2 is 2.21 bits per heavy atom. The van der Waals surface area contributed by atoms with Crippen molar-refractivity contribution >= 4 is 5.82 Å². The number of aromatic amines is 1. The van der Waals surface area contributed by atoms with E-state index in [2.05, 4.69) is 20.2 Å². The Morgan fingerprint density at radius 3 is 2.89 bits per heavy atom. The molecule has 1 aliphatic rings. The third-order valence-electron chi connectivity index (χ3n) is 3.14. The highest BCUT2D eigenvalue weighted by Gasteiger charge is 2.10. The minimum atomic E-state index is -0.104. The molecule has 0 atom stereocenters. The molecule has 0 spiro atoms. The molecule has 1 aromatic heterocycles. The van der Waals surface area contributed by atoms with Gasteiger partial charge < -0.3 is 15.0 Å². The van der Waals surface area contributed by atoms with Crippen LogP contribution < -0.4 is 10.9 Å². The van der Waals surface area contributed by atoms with E-state index in [4.69, 9.17) is 4.74 Å². The van der Waals surface area contributed by atoms with Crippen LogP contribution in [-0.4, -0.2) is 54.3 Å². The lowest BCUT2D eigenvalue weighted by Gasteiger charge is -2.26. The molecule has 0 radical (unpaired) electrons. The summed E-state index contributed by atoms with van der Waals surface area (Å²) in [5.74, 6) is 1.59. The van der Waals surface area contributed by atoms with Crippen molar-refractivity contribution in [2.24, 2.45) is 0 Å². The Kier molecular flexibility index (Phi) is 4.93. The van der Waals surface area contributed by atoms with Gasteiger partial charge in [-0.3, -0.25) is 9.69 Å². The molecular formula is C13H22N4O2. The standard InChI is InChI=1S/C13H22N4O2/c1-10(2)13-15-11(9-12(18)16-13)14-3-4-17-5-7-19-8-6-17/h9-10H,3-8H2,1-2H3,(H2,14,15,16,18). The van der Waals surface area contributed by atoms with Gasteiger partial charge in [0.1, 0.15) is 11.6 Å². The Morgan fingerprint density at radius 1 is 1.47 bits per heavy atom. The van der Waals surface area contributed by atoms with E-state index in [1.807, 2.05) is 13.8 Å². The molecule has 2 heterocycles. The Balaban J connectivity index is 1.86. The van der Waals surface area contributed by atoms with Gasteiger partial charge in [0.05, 0.1) is 13.2 Å². The summed E-state index contributed by atoms with van der Waals surface area (Å²) in [4.78, 5) is 21.0. The number of nitrogens with zero attached hydrogens (tertiary/aromatic N) is 2. The molecule has 1 aliphatic heterocycles. The molecule has 2 N–H and O–H groups in total. The molecule has 0 unspecified atom stereocenters. The predicted molar refractivity (Wildman–Crippen MR) is 74.7 cm³/mol. The lowest BCUT2D eigenvalue weighted by Crippen LogP contribution is -2.39. The first-order chi connectivity index (χ1) is 9.15. The molecule has 2 rings (SSSR count). The molecule has 6 nitrogen and oxygen atoms in total. The highest BCUT2D eigenvalue weighted by Crippen LogP contribution is 2.08. The van der Waals surface area contributed by atoms with Crippen LogP contribution in [0.25, 0.3) is 0 Å². The summed E-state index contributed by atoms with van der Waals surface area (Å²) in [5.41, 5.74) is -0.104. The average Bonchev–Trinajstić information content (AvgIpc) is 2.39. The van der Waals surface area contributed by atoms with Crippen molar-refractivity contribution in [2.75, 3.05) is 44.7 Å². The van der Waals surface area contributed by atoms with Crippen LogP contribution in [0.5, 0.6) is 0 Å². The Labute approximate surface area is 113 Å². The maximum atomic E-state index is 11.5. The summed E-state index contributed by atoms with van der Waals surface area (Å²) in [5, 5.41) is 3.21. The van der Waals surface area contributed by atoms with E-state index in [0.29, 0.717) is 5.82 Å². The van der Waals surface area contributed by atoms with Gasteiger partial charge in [0.25, 0.3) is 5.56 Å². The number of morpholine rings is 1. The molecule has 0 amide bonds. The second-order valence-corrected chi connectivity index (χ2v) is 5.05. The second kappa shape index (κ2) is 6.68.